The zero-order chi connectivity index (χ0) is 13.8. The van der Waals surface area contributed by atoms with Gasteiger partial charge in [-0.05, 0) is 44.6 Å². The lowest BCUT2D eigenvalue weighted by Gasteiger charge is -2.31. The van der Waals surface area contributed by atoms with Crippen molar-refractivity contribution in [2.45, 2.75) is 25.3 Å². The minimum atomic E-state index is 0.399. The van der Waals surface area contributed by atoms with Crippen LogP contribution >= 0.6 is 0 Å². The smallest absolute Gasteiger partial charge is 0.228 e. The van der Waals surface area contributed by atoms with Gasteiger partial charge in [-0.1, -0.05) is 12.5 Å². The van der Waals surface area contributed by atoms with Crippen molar-refractivity contribution in [3.05, 3.63) is 42.4 Å². The molecule has 2 aromatic heterocycles. The molecular formula is C15H19N5. The van der Waals surface area contributed by atoms with Crippen LogP contribution in [0.2, 0.25) is 0 Å². The van der Waals surface area contributed by atoms with Gasteiger partial charge in [0.05, 0.1) is 11.7 Å². The highest BCUT2D eigenvalue weighted by Gasteiger charge is 2.22. The number of aromatic nitrogens is 3. The Balaban J connectivity index is 1.79. The van der Waals surface area contributed by atoms with Gasteiger partial charge in [-0.2, -0.15) is 0 Å². The molecule has 0 aliphatic carbocycles. The van der Waals surface area contributed by atoms with E-state index in [2.05, 4.69) is 32.2 Å². The fourth-order valence-corrected chi connectivity index (χ4v) is 2.62. The van der Waals surface area contributed by atoms with E-state index in [0.717, 1.165) is 24.5 Å². The van der Waals surface area contributed by atoms with Gasteiger partial charge in [-0.3, -0.25) is 4.90 Å². The van der Waals surface area contributed by atoms with Crippen LogP contribution in [-0.2, 0) is 0 Å². The molecule has 1 aliphatic rings. The van der Waals surface area contributed by atoms with Crippen molar-refractivity contribution in [1.29, 1.82) is 0 Å². The number of piperidine rings is 1. The van der Waals surface area contributed by atoms with E-state index in [1.54, 1.807) is 6.20 Å². The molecule has 2 aromatic rings. The van der Waals surface area contributed by atoms with Gasteiger partial charge >= 0.3 is 0 Å². The first-order valence-electron chi connectivity index (χ1n) is 7.04. The number of hydrogen-bond donors (Lipinski definition) is 1. The highest BCUT2D eigenvalue weighted by Crippen LogP contribution is 2.28. The lowest BCUT2D eigenvalue weighted by molar-refractivity contribution is 0.183. The SMILES string of the molecule is CN1CCCCC1c1ccnc(Nc2ccccn2)n1. The number of nitrogens with zero attached hydrogens (tertiary/aromatic N) is 4. The van der Waals surface area contributed by atoms with Crippen LogP contribution in [0.4, 0.5) is 11.8 Å². The fraction of sp³-hybridized carbons (Fsp3) is 0.400. The summed E-state index contributed by atoms with van der Waals surface area (Å²) in [5.74, 6) is 1.38. The Labute approximate surface area is 119 Å². The van der Waals surface area contributed by atoms with Crippen LogP contribution in [0.25, 0.3) is 0 Å². The number of likely N-dealkylation sites (tertiary alicyclic amines) is 1. The second-order valence-electron chi connectivity index (χ2n) is 5.14. The highest BCUT2D eigenvalue weighted by atomic mass is 15.2. The van der Waals surface area contributed by atoms with E-state index in [0.29, 0.717) is 12.0 Å². The average molecular weight is 269 g/mol. The summed E-state index contributed by atoms with van der Waals surface area (Å²) in [5, 5.41) is 3.15. The first-order valence-corrected chi connectivity index (χ1v) is 7.04. The summed E-state index contributed by atoms with van der Waals surface area (Å²) in [7, 11) is 2.16. The molecule has 0 spiro atoms. The second-order valence-corrected chi connectivity index (χ2v) is 5.14. The quantitative estimate of drug-likeness (QED) is 0.928. The zero-order valence-electron chi connectivity index (χ0n) is 11.7. The predicted molar refractivity (Wildman–Crippen MR) is 78.8 cm³/mol. The van der Waals surface area contributed by atoms with Gasteiger partial charge in [-0.15, -0.1) is 0 Å². The molecule has 5 nitrogen and oxygen atoms in total. The molecule has 1 atom stereocenters. The Morgan fingerprint density at radius 2 is 2.10 bits per heavy atom. The first-order chi connectivity index (χ1) is 9.83. The molecule has 3 rings (SSSR count). The maximum Gasteiger partial charge on any atom is 0.228 e. The molecule has 0 saturated carbocycles. The third kappa shape index (κ3) is 2.93. The zero-order valence-corrected chi connectivity index (χ0v) is 11.7. The molecule has 0 bridgehead atoms. The van der Waals surface area contributed by atoms with Crippen molar-refractivity contribution in [2.24, 2.45) is 0 Å². The van der Waals surface area contributed by atoms with Crippen molar-refractivity contribution < 1.29 is 0 Å². The molecule has 104 valence electrons. The summed E-state index contributed by atoms with van der Waals surface area (Å²) in [5.41, 5.74) is 1.08. The summed E-state index contributed by atoms with van der Waals surface area (Å²) in [6, 6.07) is 8.14. The van der Waals surface area contributed by atoms with Crippen molar-refractivity contribution in [3.8, 4) is 0 Å². The summed E-state index contributed by atoms with van der Waals surface area (Å²) in [6.07, 6.45) is 7.27. The van der Waals surface area contributed by atoms with Crippen molar-refractivity contribution in [3.63, 3.8) is 0 Å². The Morgan fingerprint density at radius 1 is 1.15 bits per heavy atom. The fourth-order valence-electron chi connectivity index (χ4n) is 2.62. The molecule has 0 aromatic carbocycles. The maximum absolute atomic E-state index is 4.64. The summed E-state index contributed by atoms with van der Waals surface area (Å²) >= 11 is 0. The standard InChI is InChI=1S/C15H19N5/c1-20-11-5-3-6-13(20)12-8-10-17-15(18-12)19-14-7-2-4-9-16-14/h2,4,7-10,13H,3,5-6,11H2,1H3,(H,16,17,18,19). The van der Waals surface area contributed by atoms with Gasteiger partial charge in [0.2, 0.25) is 5.95 Å². The Hall–Kier alpha value is -2.01. The lowest BCUT2D eigenvalue weighted by Crippen LogP contribution is -2.30. The molecule has 20 heavy (non-hydrogen) atoms. The molecule has 1 N–H and O–H groups in total. The van der Waals surface area contributed by atoms with Crippen molar-refractivity contribution >= 4 is 11.8 Å². The van der Waals surface area contributed by atoms with Crippen molar-refractivity contribution in [2.75, 3.05) is 18.9 Å². The normalized spacial score (nSPS) is 19.8. The molecule has 5 heteroatoms. The Bertz CT molecular complexity index is 557. The van der Waals surface area contributed by atoms with Crippen LogP contribution in [0.15, 0.2) is 36.7 Å². The van der Waals surface area contributed by atoms with E-state index in [4.69, 9.17) is 0 Å². The molecule has 1 aliphatic heterocycles. The summed E-state index contributed by atoms with van der Waals surface area (Å²) < 4.78 is 0. The summed E-state index contributed by atoms with van der Waals surface area (Å²) in [6.45, 7) is 1.14. The molecular weight excluding hydrogens is 250 g/mol. The van der Waals surface area contributed by atoms with Crippen LogP contribution in [0, 0.1) is 0 Å². The van der Waals surface area contributed by atoms with Crippen molar-refractivity contribution in [1.82, 2.24) is 19.9 Å². The van der Waals surface area contributed by atoms with E-state index < -0.39 is 0 Å². The van der Waals surface area contributed by atoms with Crippen LogP contribution in [0.1, 0.15) is 31.0 Å². The van der Waals surface area contributed by atoms with Crippen LogP contribution in [0.5, 0.6) is 0 Å². The van der Waals surface area contributed by atoms with E-state index >= 15 is 0 Å². The van der Waals surface area contributed by atoms with Gasteiger partial charge in [-0.25, -0.2) is 15.0 Å². The predicted octanol–water partition coefficient (Wildman–Crippen LogP) is 2.77. The monoisotopic (exact) mass is 269 g/mol. The van der Waals surface area contributed by atoms with Gasteiger partial charge in [0.25, 0.3) is 0 Å². The number of pyridine rings is 1. The third-order valence-electron chi connectivity index (χ3n) is 3.69. The van der Waals surface area contributed by atoms with Gasteiger partial charge in [0.15, 0.2) is 0 Å². The molecule has 1 saturated heterocycles. The third-order valence-corrected chi connectivity index (χ3v) is 3.69. The molecule has 1 fully saturated rings. The van der Waals surface area contributed by atoms with E-state index in [1.807, 2.05) is 30.5 Å². The van der Waals surface area contributed by atoms with E-state index in [-0.39, 0.29) is 0 Å². The highest BCUT2D eigenvalue weighted by molar-refractivity contribution is 5.46. The lowest BCUT2D eigenvalue weighted by atomic mass is 10.00. The van der Waals surface area contributed by atoms with Gasteiger partial charge in [0.1, 0.15) is 5.82 Å². The Morgan fingerprint density at radius 3 is 2.90 bits per heavy atom. The molecule has 0 radical (unpaired) electrons. The van der Waals surface area contributed by atoms with Gasteiger partial charge in [0, 0.05) is 12.4 Å². The van der Waals surface area contributed by atoms with Crippen LogP contribution in [0.3, 0.4) is 0 Å². The number of anilines is 2. The minimum Gasteiger partial charge on any atom is -0.309 e. The molecule has 1 unspecified atom stereocenters. The minimum absolute atomic E-state index is 0.399. The molecule has 3 heterocycles. The Kier molecular flexibility index (Phi) is 3.87. The van der Waals surface area contributed by atoms with Crippen LogP contribution < -0.4 is 5.32 Å². The second kappa shape index (κ2) is 5.96. The maximum atomic E-state index is 4.64. The summed E-state index contributed by atoms with van der Waals surface area (Å²) in [4.78, 5) is 15.5. The van der Waals surface area contributed by atoms with Gasteiger partial charge < -0.3 is 5.32 Å². The van der Waals surface area contributed by atoms with E-state index in [1.165, 1.54) is 12.8 Å². The van der Waals surface area contributed by atoms with E-state index in [9.17, 15) is 0 Å². The number of rotatable bonds is 3. The number of hydrogen-bond acceptors (Lipinski definition) is 5. The molecule has 0 amide bonds. The largest absolute Gasteiger partial charge is 0.309 e. The average Bonchev–Trinajstić information content (AvgIpc) is 2.49. The number of nitrogens with one attached hydrogen (secondary N) is 1. The topological polar surface area (TPSA) is 53.9 Å². The first kappa shape index (κ1) is 13.0. The van der Waals surface area contributed by atoms with Crippen LogP contribution in [-0.4, -0.2) is 33.4 Å².